The van der Waals surface area contributed by atoms with Gasteiger partial charge < -0.3 is 15.4 Å². The maximum Gasteiger partial charge on any atom is 0.258 e. The number of nitrogen functional groups attached to an aromatic ring is 1. The van der Waals surface area contributed by atoms with E-state index in [1.54, 1.807) is 18.2 Å². The van der Waals surface area contributed by atoms with Gasteiger partial charge in [0.2, 0.25) is 0 Å². The van der Waals surface area contributed by atoms with Crippen molar-refractivity contribution >= 4 is 11.6 Å². The number of hydrogen-bond acceptors (Lipinski definition) is 3. The van der Waals surface area contributed by atoms with E-state index in [1.165, 1.54) is 6.42 Å². The Morgan fingerprint density at radius 2 is 2.00 bits per heavy atom. The van der Waals surface area contributed by atoms with Crippen molar-refractivity contribution in [2.45, 2.75) is 52.1 Å². The second-order valence-electron chi connectivity index (χ2n) is 5.53. The zero-order chi connectivity index (χ0) is 14.7. The van der Waals surface area contributed by atoms with Gasteiger partial charge in [-0.1, -0.05) is 0 Å². The Hall–Kier alpha value is -1.71. The minimum atomic E-state index is 0.0282. The van der Waals surface area contributed by atoms with Crippen LogP contribution < -0.4 is 10.5 Å². The van der Waals surface area contributed by atoms with Gasteiger partial charge in [0.05, 0.1) is 12.2 Å². The largest absolute Gasteiger partial charge is 0.493 e. The predicted octanol–water partition coefficient (Wildman–Crippen LogP) is 3.07. The highest BCUT2D eigenvalue weighted by molar-refractivity contribution is 5.98. The SMILES string of the molecule is CCOc1ccc(N)cc1C(=O)N1C(C)CCCC1C. The molecule has 1 amide bonds. The van der Waals surface area contributed by atoms with Gasteiger partial charge in [-0.3, -0.25) is 4.79 Å². The number of carbonyl (C=O) groups is 1. The molecule has 2 N–H and O–H groups in total. The van der Waals surface area contributed by atoms with Gasteiger partial charge in [-0.15, -0.1) is 0 Å². The van der Waals surface area contributed by atoms with Crippen molar-refractivity contribution in [3.05, 3.63) is 23.8 Å². The summed E-state index contributed by atoms with van der Waals surface area (Å²) in [5, 5.41) is 0. The number of likely N-dealkylation sites (tertiary alicyclic amines) is 1. The zero-order valence-corrected chi connectivity index (χ0v) is 12.6. The molecule has 0 aromatic heterocycles. The van der Waals surface area contributed by atoms with E-state index in [1.807, 2.05) is 11.8 Å². The van der Waals surface area contributed by atoms with Crippen LogP contribution in [0.25, 0.3) is 0 Å². The molecule has 110 valence electrons. The Morgan fingerprint density at radius 1 is 1.35 bits per heavy atom. The molecule has 4 heteroatoms. The molecule has 0 aliphatic carbocycles. The van der Waals surface area contributed by atoms with Gasteiger partial charge in [-0.05, 0) is 58.2 Å². The molecule has 0 spiro atoms. The number of carbonyl (C=O) groups excluding carboxylic acids is 1. The third-order valence-electron chi connectivity index (χ3n) is 3.96. The van der Waals surface area contributed by atoms with Crippen LogP contribution in [0, 0.1) is 0 Å². The van der Waals surface area contributed by atoms with E-state index < -0.39 is 0 Å². The summed E-state index contributed by atoms with van der Waals surface area (Å²) in [7, 11) is 0. The summed E-state index contributed by atoms with van der Waals surface area (Å²) >= 11 is 0. The van der Waals surface area contributed by atoms with Crippen LogP contribution in [-0.2, 0) is 0 Å². The first-order valence-corrected chi connectivity index (χ1v) is 7.39. The van der Waals surface area contributed by atoms with Crippen molar-refractivity contribution in [3.8, 4) is 5.75 Å². The standard InChI is InChI=1S/C16H24N2O2/c1-4-20-15-9-8-13(17)10-14(15)16(19)18-11(2)6-5-7-12(18)3/h8-12H,4-7,17H2,1-3H3. The third-order valence-corrected chi connectivity index (χ3v) is 3.96. The monoisotopic (exact) mass is 276 g/mol. The van der Waals surface area contributed by atoms with Gasteiger partial charge in [-0.25, -0.2) is 0 Å². The van der Waals surface area contributed by atoms with E-state index in [2.05, 4.69) is 13.8 Å². The minimum absolute atomic E-state index is 0.0282. The Kier molecular flexibility index (Phi) is 4.53. The molecule has 4 nitrogen and oxygen atoms in total. The summed E-state index contributed by atoms with van der Waals surface area (Å²) in [5.41, 5.74) is 7.00. The van der Waals surface area contributed by atoms with E-state index in [-0.39, 0.29) is 18.0 Å². The maximum absolute atomic E-state index is 12.9. The summed E-state index contributed by atoms with van der Waals surface area (Å²) in [4.78, 5) is 14.8. The molecule has 1 aliphatic rings. The fourth-order valence-electron chi connectivity index (χ4n) is 2.96. The van der Waals surface area contributed by atoms with Gasteiger partial charge >= 0.3 is 0 Å². The number of piperidine rings is 1. The van der Waals surface area contributed by atoms with Crippen LogP contribution in [0.5, 0.6) is 5.75 Å². The van der Waals surface area contributed by atoms with Crippen LogP contribution in [0.15, 0.2) is 18.2 Å². The number of benzene rings is 1. The van der Waals surface area contributed by atoms with Crippen LogP contribution in [0.2, 0.25) is 0 Å². The fraction of sp³-hybridized carbons (Fsp3) is 0.562. The van der Waals surface area contributed by atoms with E-state index in [0.717, 1.165) is 12.8 Å². The Morgan fingerprint density at radius 3 is 2.60 bits per heavy atom. The van der Waals surface area contributed by atoms with Crippen molar-refractivity contribution in [2.75, 3.05) is 12.3 Å². The fourth-order valence-corrected chi connectivity index (χ4v) is 2.96. The van der Waals surface area contributed by atoms with Gasteiger partial charge in [0.25, 0.3) is 5.91 Å². The number of rotatable bonds is 3. The lowest BCUT2D eigenvalue weighted by Gasteiger charge is -2.39. The van der Waals surface area contributed by atoms with Crippen molar-refractivity contribution in [1.82, 2.24) is 4.90 Å². The Balaban J connectivity index is 2.34. The topological polar surface area (TPSA) is 55.6 Å². The molecule has 1 aliphatic heterocycles. The van der Waals surface area contributed by atoms with Crippen LogP contribution in [0.1, 0.15) is 50.4 Å². The summed E-state index contributed by atoms with van der Waals surface area (Å²) in [5.74, 6) is 0.650. The Bertz CT molecular complexity index is 477. The second kappa shape index (κ2) is 6.16. The normalized spacial score (nSPS) is 22.6. The summed E-state index contributed by atoms with van der Waals surface area (Å²) in [6, 6.07) is 5.81. The highest BCUT2D eigenvalue weighted by Crippen LogP contribution is 2.29. The number of ether oxygens (including phenoxy) is 1. The molecule has 1 fully saturated rings. The lowest BCUT2D eigenvalue weighted by atomic mass is 9.96. The van der Waals surface area contributed by atoms with Crippen molar-refractivity contribution in [3.63, 3.8) is 0 Å². The van der Waals surface area contributed by atoms with Crippen molar-refractivity contribution in [2.24, 2.45) is 0 Å². The third kappa shape index (κ3) is 2.89. The summed E-state index contributed by atoms with van der Waals surface area (Å²) in [6.45, 7) is 6.67. The van der Waals surface area contributed by atoms with Crippen molar-refractivity contribution < 1.29 is 9.53 Å². The van der Waals surface area contributed by atoms with E-state index in [0.29, 0.717) is 23.6 Å². The lowest BCUT2D eigenvalue weighted by molar-refractivity contribution is 0.0507. The average Bonchev–Trinajstić information content (AvgIpc) is 2.40. The van der Waals surface area contributed by atoms with Crippen LogP contribution in [-0.4, -0.2) is 29.5 Å². The van der Waals surface area contributed by atoms with Crippen LogP contribution in [0.3, 0.4) is 0 Å². The maximum atomic E-state index is 12.9. The molecular formula is C16H24N2O2. The predicted molar refractivity (Wildman–Crippen MR) is 81.0 cm³/mol. The first-order valence-electron chi connectivity index (χ1n) is 7.39. The highest BCUT2D eigenvalue weighted by Gasteiger charge is 2.31. The number of nitrogens with zero attached hydrogens (tertiary/aromatic N) is 1. The molecule has 1 saturated heterocycles. The molecule has 1 aromatic carbocycles. The summed E-state index contributed by atoms with van der Waals surface area (Å²) < 4.78 is 5.57. The molecule has 20 heavy (non-hydrogen) atoms. The van der Waals surface area contributed by atoms with Crippen LogP contribution >= 0.6 is 0 Å². The van der Waals surface area contributed by atoms with E-state index >= 15 is 0 Å². The quantitative estimate of drug-likeness (QED) is 0.863. The van der Waals surface area contributed by atoms with Gasteiger partial charge in [0, 0.05) is 17.8 Å². The van der Waals surface area contributed by atoms with E-state index in [9.17, 15) is 4.79 Å². The smallest absolute Gasteiger partial charge is 0.258 e. The molecular weight excluding hydrogens is 252 g/mol. The van der Waals surface area contributed by atoms with Gasteiger partial charge in [-0.2, -0.15) is 0 Å². The van der Waals surface area contributed by atoms with E-state index in [4.69, 9.17) is 10.5 Å². The molecule has 2 atom stereocenters. The first-order chi connectivity index (χ1) is 9.54. The van der Waals surface area contributed by atoms with Crippen LogP contribution in [0.4, 0.5) is 5.69 Å². The molecule has 0 bridgehead atoms. The first kappa shape index (κ1) is 14.7. The Labute approximate surface area is 120 Å². The molecule has 0 radical (unpaired) electrons. The van der Waals surface area contributed by atoms with Gasteiger partial charge in [0.15, 0.2) is 0 Å². The second-order valence-corrected chi connectivity index (χ2v) is 5.53. The molecule has 1 aromatic rings. The average molecular weight is 276 g/mol. The molecule has 1 heterocycles. The minimum Gasteiger partial charge on any atom is -0.493 e. The summed E-state index contributed by atoms with van der Waals surface area (Å²) in [6.07, 6.45) is 3.30. The number of hydrogen-bond donors (Lipinski definition) is 1. The highest BCUT2D eigenvalue weighted by atomic mass is 16.5. The molecule has 0 saturated carbocycles. The van der Waals surface area contributed by atoms with Crippen molar-refractivity contribution in [1.29, 1.82) is 0 Å². The lowest BCUT2D eigenvalue weighted by Crippen LogP contribution is -2.47. The number of anilines is 1. The molecule has 2 unspecified atom stereocenters. The molecule has 2 rings (SSSR count). The van der Waals surface area contributed by atoms with Gasteiger partial charge in [0.1, 0.15) is 5.75 Å². The number of nitrogens with two attached hydrogens (primary N) is 1. The zero-order valence-electron chi connectivity index (χ0n) is 12.6. The number of amides is 1.